The highest BCUT2D eigenvalue weighted by molar-refractivity contribution is 5.96. The third-order valence-corrected chi connectivity index (χ3v) is 3.76. The van der Waals surface area contributed by atoms with Crippen molar-refractivity contribution in [3.63, 3.8) is 0 Å². The van der Waals surface area contributed by atoms with E-state index in [1.165, 1.54) is 7.11 Å². The van der Waals surface area contributed by atoms with Crippen LogP contribution >= 0.6 is 0 Å². The molecule has 0 fully saturated rings. The third-order valence-electron chi connectivity index (χ3n) is 3.76. The number of ether oxygens (including phenoxy) is 2. The van der Waals surface area contributed by atoms with E-state index in [2.05, 4.69) is 0 Å². The molecule has 0 aliphatic heterocycles. The van der Waals surface area contributed by atoms with Gasteiger partial charge in [-0.05, 0) is 36.2 Å². The predicted molar refractivity (Wildman–Crippen MR) is 87.8 cm³/mol. The maximum Gasteiger partial charge on any atom is 0.313 e. The number of Topliss-reactive ketones (excluding diaryl/α,β-unsaturated/α-hetero) is 1. The number of benzene rings is 2. The fraction of sp³-hybridized carbons (Fsp3) is 0.263. The Morgan fingerprint density at radius 1 is 0.957 bits per heavy atom. The van der Waals surface area contributed by atoms with Gasteiger partial charge in [0.1, 0.15) is 5.75 Å². The summed E-state index contributed by atoms with van der Waals surface area (Å²) >= 11 is 0. The molecule has 4 heteroatoms. The summed E-state index contributed by atoms with van der Waals surface area (Å²) in [6.07, 6.45) is 0.697. The average molecular weight is 312 g/mol. The van der Waals surface area contributed by atoms with Gasteiger partial charge >= 0.3 is 5.97 Å². The van der Waals surface area contributed by atoms with Crippen LogP contribution in [0.2, 0.25) is 0 Å². The van der Waals surface area contributed by atoms with Crippen molar-refractivity contribution in [2.24, 2.45) is 0 Å². The monoisotopic (exact) mass is 312 g/mol. The van der Waals surface area contributed by atoms with Crippen LogP contribution < -0.4 is 4.74 Å². The minimum Gasteiger partial charge on any atom is -0.497 e. The van der Waals surface area contributed by atoms with Crippen LogP contribution in [0.3, 0.4) is 0 Å². The Morgan fingerprint density at radius 3 is 2.17 bits per heavy atom. The molecule has 0 aliphatic carbocycles. The molecule has 2 aromatic rings. The van der Waals surface area contributed by atoms with Gasteiger partial charge in [-0.25, -0.2) is 0 Å². The van der Waals surface area contributed by atoms with E-state index in [1.54, 1.807) is 31.4 Å². The van der Waals surface area contributed by atoms with Crippen molar-refractivity contribution in [1.82, 2.24) is 0 Å². The summed E-state index contributed by atoms with van der Waals surface area (Å²) in [5.41, 5.74) is 1.48. The van der Waals surface area contributed by atoms with Crippen LogP contribution in [0.1, 0.15) is 34.7 Å². The number of ketones is 1. The van der Waals surface area contributed by atoms with Crippen LogP contribution in [-0.4, -0.2) is 26.0 Å². The first-order chi connectivity index (χ1) is 11.2. The fourth-order valence-electron chi connectivity index (χ4n) is 2.44. The van der Waals surface area contributed by atoms with Gasteiger partial charge in [0.05, 0.1) is 20.1 Å². The molecule has 1 atom stereocenters. The first kappa shape index (κ1) is 16.7. The van der Waals surface area contributed by atoms with Gasteiger partial charge in [0.25, 0.3) is 0 Å². The normalized spacial score (nSPS) is 11.6. The molecule has 0 amide bonds. The number of carbonyl (C=O) groups is 2. The molecule has 1 unspecified atom stereocenters. The molecule has 0 radical (unpaired) electrons. The molecule has 0 bridgehead atoms. The number of hydrogen-bond acceptors (Lipinski definition) is 4. The number of rotatable bonds is 7. The molecule has 2 aromatic carbocycles. The molecule has 0 saturated heterocycles. The molecule has 0 heterocycles. The standard InChI is InChI=1S/C19H20O4/c1-22-16-10-8-15(9-11-16)18(20)13-12-17(19(21)23-2)14-6-4-3-5-7-14/h3-11,17H,12-13H2,1-2H3. The van der Waals surface area contributed by atoms with Crippen LogP contribution in [0, 0.1) is 0 Å². The Bertz CT molecular complexity index is 647. The minimum atomic E-state index is -0.427. The van der Waals surface area contributed by atoms with Gasteiger partial charge in [0.2, 0.25) is 0 Å². The predicted octanol–water partition coefficient (Wildman–Crippen LogP) is 3.61. The van der Waals surface area contributed by atoms with E-state index >= 15 is 0 Å². The van der Waals surface area contributed by atoms with Crippen molar-refractivity contribution < 1.29 is 19.1 Å². The average Bonchev–Trinajstić information content (AvgIpc) is 2.62. The van der Waals surface area contributed by atoms with Crippen molar-refractivity contribution in [3.8, 4) is 5.75 Å². The first-order valence-electron chi connectivity index (χ1n) is 7.45. The Morgan fingerprint density at radius 2 is 1.61 bits per heavy atom. The van der Waals surface area contributed by atoms with Gasteiger partial charge in [-0.1, -0.05) is 30.3 Å². The molecule has 0 aromatic heterocycles. The molecule has 120 valence electrons. The highest BCUT2D eigenvalue weighted by Gasteiger charge is 2.22. The largest absolute Gasteiger partial charge is 0.497 e. The van der Waals surface area contributed by atoms with E-state index in [-0.39, 0.29) is 18.2 Å². The SMILES string of the molecule is COC(=O)C(CCC(=O)c1ccc(OC)cc1)c1ccccc1. The number of hydrogen-bond donors (Lipinski definition) is 0. The quantitative estimate of drug-likeness (QED) is 0.579. The Kier molecular flexibility index (Phi) is 5.92. The summed E-state index contributed by atoms with van der Waals surface area (Å²) in [5.74, 6) is -0.0436. The molecular formula is C19H20O4. The van der Waals surface area contributed by atoms with Gasteiger partial charge in [-0.15, -0.1) is 0 Å². The van der Waals surface area contributed by atoms with Crippen LogP contribution in [0.5, 0.6) is 5.75 Å². The Labute approximate surface area is 136 Å². The van der Waals surface area contributed by atoms with Crippen LogP contribution in [0.25, 0.3) is 0 Å². The maximum atomic E-state index is 12.3. The van der Waals surface area contributed by atoms with Crippen molar-refractivity contribution in [3.05, 3.63) is 65.7 Å². The van der Waals surface area contributed by atoms with Crippen LogP contribution in [0.4, 0.5) is 0 Å². The third kappa shape index (κ3) is 4.42. The number of esters is 1. The molecule has 4 nitrogen and oxygen atoms in total. The zero-order valence-corrected chi connectivity index (χ0v) is 13.3. The minimum absolute atomic E-state index is 0.00233. The summed E-state index contributed by atoms with van der Waals surface area (Å²) in [4.78, 5) is 24.3. The number of carbonyl (C=O) groups excluding carboxylic acids is 2. The molecule has 0 saturated carbocycles. The zero-order valence-electron chi connectivity index (χ0n) is 13.3. The maximum absolute atomic E-state index is 12.3. The Balaban J connectivity index is 2.05. The molecule has 0 spiro atoms. The van der Waals surface area contributed by atoms with Crippen molar-refractivity contribution in [2.75, 3.05) is 14.2 Å². The highest BCUT2D eigenvalue weighted by Crippen LogP contribution is 2.24. The van der Waals surface area contributed by atoms with E-state index in [4.69, 9.17) is 9.47 Å². The number of methoxy groups -OCH3 is 2. The van der Waals surface area contributed by atoms with Crippen molar-refractivity contribution in [2.45, 2.75) is 18.8 Å². The van der Waals surface area contributed by atoms with Gasteiger partial charge in [-0.2, -0.15) is 0 Å². The second-order valence-electron chi connectivity index (χ2n) is 5.18. The van der Waals surface area contributed by atoms with E-state index in [0.717, 1.165) is 5.56 Å². The molecule has 0 N–H and O–H groups in total. The van der Waals surface area contributed by atoms with Crippen LogP contribution in [-0.2, 0) is 9.53 Å². The van der Waals surface area contributed by atoms with Crippen LogP contribution in [0.15, 0.2) is 54.6 Å². The van der Waals surface area contributed by atoms with Gasteiger partial charge in [-0.3, -0.25) is 9.59 Å². The van der Waals surface area contributed by atoms with Gasteiger partial charge in [0.15, 0.2) is 5.78 Å². The summed E-state index contributed by atoms with van der Waals surface area (Å²) < 4.78 is 9.95. The lowest BCUT2D eigenvalue weighted by Crippen LogP contribution is -2.16. The summed E-state index contributed by atoms with van der Waals surface area (Å²) in [7, 11) is 2.95. The topological polar surface area (TPSA) is 52.6 Å². The Hall–Kier alpha value is -2.62. The fourth-order valence-corrected chi connectivity index (χ4v) is 2.44. The lowest BCUT2D eigenvalue weighted by Gasteiger charge is -2.14. The summed E-state index contributed by atoms with van der Waals surface area (Å²) in [6, 6.07) is 16.4. The lowest BCUT2D eigenvalue weighted by atomic mass is 9.92. The summed E-state index contributed by atoms with van der Waals surface area (Å²) in [5, 5.41) is 0. The molecule has 2 rings (SSSR count). The van der Waals surface area contributed by atoms with E-state index in [1.807, 2.05) is 30.3 Å². The van der Waals surface area contributed by atoms with Crippen molar-refractivity contribution >= 4 is 11.8 Å². The summed E-state index contributed by atoms with van der Waals surface area (Å²) in [6.45, 7) is 0. The molecular weight excluding hydrogens is 292 g/mol. The zero-order chi connectivity index (χ0) is 16.7. The van der Waals surface area contributed by atoms with E-state index < -0.39 is 5.92 Å². The van der Waals surface area contributed by atoms with E-state index in [0.29, 0.717) is 17.7 Å². The van der Waals surface area contributed by atoms with Crippen molar-refractivity contribution in [1.29, 1.82) is 0 Å². The molecule has 23 heavy (non-hydrogen) atoms. The highest BCUT2D eigenvalue weighted by atomic mass is 16.5. The first-order valence-corrected chi connectivity index (χ1v) is 7.45. The van der Waals surface area contributed by atoms with Gasteiger partial charge < -0.3 is 9.47 Å². The second kappa shape index (κ2) is 8.13. The smallest absolute Gasteiger partial charge is 0.313 e. The van der Waals surface area contributed by atoms with Gasteiger partial charge in [0, 0.05) is 12.0 Å². The van der Waals surface area contributed by atoms with E-state index in [9.17, 15) is 9.59 Å². The molecule has 0 aliphatic rings. The lowest BCUT2D eigenvalue weighted by molar-refractivity contribution is -0.142. The second-order valence-corrected chi connectivity index (χ2v) is 5.18.